The molecule has 5 nitrogen and oxygen atoms in total. The zero-order chi connectivity index (χ0) is 23.4. The number of benzene rings is 2. The van der Waals surface area contributed by atoms with Crippen molar-refractivity contribution in [3.63, 3.8) is 0 Å². The van der Waals surface area contributed by atoms with Gasteiger partial charge in [0.25, 0.3) is 0 Å². The summed E-state index contributed by atoms with van der Waals surface area (Å²) in [5.41, 5.74) is 0.678. The monoisotopic (exact) mass is 475 g/mol. The fraction of sp³-hybridized carbons (Fsp3) is 0.480. The van der Waals surface area contributed by atoms with Crippen molar-refractivity contribution < 1.29 is 18.3 Å². The highest BCUT2D eigenvalue weighted by molar-refractivity contribution is 8.00. The Morgan fingerprint density at radius 2 is 1.85 bits per heavy atom. The molecule has 33 heavy (non-hydrogen) atoms. The lowest BCUT2D eigenvalue weighted by Gasteiger charge is -2.29. The van der Waals surface area contributed by atoms with Crippen molar-refractivity contribution in [2.75, 3.05) is 46.9 Å². The van der Waals surface area contributed by atoms with E-state index in [-0.39, 0.29) is 17.2 Å². The first kappa shape index (κ1) is 24.0. The normalized spacial score (nSPS) is 22.4. The van der Waals surface area contributed by atoms with Gasteiger partial charge in [0, 0.05) is 42.9 Å². The van der Waals surface area contributed by atoms with Crippen LogP contribution in [0, 0.1) is 11.6 Å². The Labute approximate surface area is 198 Å². The molecule has 0 spiro atoms. The van der Waals surface area contributed by atoms with E-state index < -0.39 is 11.6 Å². The Morgan fingerprint density at radius 1 is 1.06 bits per heavy atom. The molecular formula is C25H31F2N3O2S. The van der Waals surface area contributed by atoms with E-state index in [1.54, 1.807) is 24.9 Å². The molecule has 8 heteroatoms. The maximum absolute atomic E-state index is 13.8. The molecule has 2 fully saturated rings. The van der Waals surface area contributed by atoms with E-state index in [4.69, 9.17) is 4.74 Å². The van der Waals surface area contributed by atoms with Crippen molar-refractivity contribution in [1.29, 1.82) is 0 Å². The topological polar surface area (TPSA) is 36.0 Å². The summed E-state index contributed by atoms with van der Waals surface area (Å²) in [6.07, 6.45) is 1.69. The largest absolute Gasteiger partial charge is 0.497 e. The van der Waals surface area contributed by atoms with Crippen molar-refractivity contribution in [3.8, 4) is 5.75 Å². The summed E-state index contributed by atoms with van der Waals surface area (Å²) in [6.45, 7) is 4.46. The zero-order valence-electron chi connectivity index (χ0n) is 19.2. The lowest BCUT2D eigenvalue weighted by Crippen LogP contribution is -2.46. The number of nitrogens with zero attached hydrogens (tertiary/aromatic N) is 3. The number of carbonyl (C=O) groups is 1. The first-order valence-corrected chi connectivity index (χ1v) is 12.3. The van der Waals surface area contributed by atoms with Crippen molar-refractivity contribution in [3.05, 3.63) is 59.7 Å². The summed E-state index contributed by atoms with van der Waals surface area (Å²) in [5, 5.41) is 0.229. The number of methoxy groups -OCH3 is 1. The van der Waals surface area contributed by atoms with Crippen LogP contribution in [-0.2, 0) is 11.3 Å². The van der Waals surface area contributed by atoms with Crippen molar-refractivity contribution in [2.45, 2.75) is 35.6 Å². The van der Waals surface area contributed by atoms with E-state index in [1.807, 2.05) is 29.2 Å². The third-order valence-electron chi connectivity index (χ3n) is 6.41. The van der Waals surface area contributed by atoms with Gasteiger partial charge in [-0.15, -0.1) is 11.8 Å². The van der Waals surface area contributed by atoms with Crippen LogP contribution in [0.25, 0.3) is 0 Å². The van der Waals surface area contributed by atoms with Gasteiger partial charge in [0.1, 0.15) is 5.75 Å². The smallest absolute Gasteiger partial charge is 0.240 e. The van der Waals surface area contributed by atoms with Gasteiger partial charge in [-0.3, -0.25) is 9.69 Å². The van der Waals surface area contributed by atoms with Crippen LogP contribution in [0.3, 0.4) is 0 Å². The molecule has 0 unspecified atom stereocenters. The zero-order valence-corrected chi connectivity index (χ0v) is 20.0. The molecule has 0 aliphatic carbocycles. The molecule has 178 valence electrons. The fourth-order valence-corrected chi connectivity index (χ4v) is 5.80. The van der Waals surface area contributed by atoms with Gasteiger partial charge < -0.3 is 14.5 Å². The Hall–Kier alpha value is -2.16. The summed E-state index contributed by atoms with van der Waals surface area (Å²) in [7, 11) is 3.73. The average molecular weight is 476 g/mol. The molecule has 2 aliphatic heterocycles. The van der Waals surface area contributed by atoms with Gasteiger partial charge in [-0.1, -0.05) is 6.07 Å². The number of ether oxygens (including phenoxy) is 1. The molecule has 0 bridgehead atoms. The first-order chi connectivity index (χ1) is 15.9. The van der Waals surface area contributed by atoms with Gasteiger partial charge in [-0.2, -0.15) is 0 Å². The predicted molar refractivity (Wildman–Crippen MR) is 127 cm³/mol. The quantitative estimate of drug-likeness (QED) is 0.634. The highest BCUT2D eigenvalue weighted by Crippen LogP contribution is 2.35. The second-order valence-electron chi connectivity index (χ2n) is 8.83. The first-order valence-electron chi connectivity index (χ1n) is 11.4. The van der Waals surface area contributed by atoms with Gasteiger partial charge in [-0.05, 0) is 68.4 Å². The molecule has 4 rings (SSSR count). The van der Waals surface area contributed by atoms with Crippen LogP contribution in [-0.4, -0.2) is 78.8 Å². The maximum Gasteiger partial charge on any atom is 0.240 e. The Balaban J connectivity index is 1.50. The number of amides is 1. The Kier molecular flexibility index (Phi) is 7.88. The summed E-state index contributed by atoms with van der Waals surface area (Å²) >= 11 is 1.75. The lowest BCUT2D eigenvalue weighted by molar-refractivity contribution is -0.136. The van der Waals surface area contributed by atoms with Gasteiger partial charge in [-0.25, -0.2) is 8.78 Å². The minimum absolute atomic E-state index is 0.144. The number of rotatable bonds is 6. The summed E-state index contributed by atoms with van der Waals surface area (Å²) in [5.74, 6) is -0.751. The molecule has 0 N–H and O–H groups in total. The number of likely N-dealkylation sites (N-methyl/N-ethyl adjacent to an activating group) is 1. The molecule has 2 aromatic rings. The second kappa shape index (κ2) is 10.8. The Morgan fingerprint density at radius 3 is 2.58 bits per heavy atom. The van der Waals surface area contributed by atoms with E-state index in [9.17, 15) is 13.6 Å². The van der Waals surface area contributed by atoms with Gasteiger partial charge in [0.15, 0.2) is 11.6 Å². The van der Waals surface area contributed by atoms with Crippen LogP contribution < -0.4 is 4.74 Å². The van der Waals surface area contributed by atoms with E-state index in [1.165, 1.54) is 6.07 Å². The minimum atomic E-state index is -0.853. The molecule has 2 saturated heterocycles. The summed E-state index contributed by atoms with van der Waals surface area (Å²) < 4.78 is 32.5. The van der Waals surface area contributed by atoms with Gasteiger partial charge >= 0.3 is 0 Å². The van der Waals surface area contributed by atoms with Crippen molar-refractivity contribution in [1.82, 2.24) is 14.7 Å². The summed E-state index contributed by atoms with van der Waals surface area (Å²) in [4.78, 5) is 21.1. The molecule has 0 radical (unpaired) electrons. The van der Waals surface area contributed by atoms with Crippen molar-refractivity contribution >= 4 is 17.7 Å². The maximum atomic E-state index is 13.8. The van der Waals surface area contributed by atoms with Gasteiger partial charge in [0.05, 0.1) is 13.2 Å². The number of hydrogen-bond donors (Lipinski definition) is 0. The SMILES string of the molecule is COc1ccc(S[C@@H]2C[C@@H](C(=O)N3CCCN(C)CC3)N(Cc3ccc(F)c(F)c3)C2)cc1. The van der Waals surface area contributed by atoms with E-state index in [0.29, 0.717) is 18.7 Å². The standard InChI is InChI=1S/C25H31F2N3O2S/c1-28-10-3-11-29(13-12-28)25(31)24-15-21(33-20-7-5-19(32-2)6-8-20)17-30(24)16-18-4-9-22(26)23(27)14-18/h4-9,14,21,24H,3,10-13,15-17H2,1-2H3/t21-,24+/m1/s1. The molecule has 0 saturated carbocycles. The molecular weight excluding hydrogens is 444 g/mol. The third kappa shape index (κ3) is 6.05. The molecule has 2 heterocycles. The molecule has 0 aromatic heterocycles. The van der Waals surface area contributed by atoms with Crippen LogP contribution in [0.1, 0.15) is 18.4 Å². The van der Waals surface area contributed by atoms with Crippen molar-refractivity contribution in [2.24, 2.45) is 0 Å². The molecule has 1 amide bonds. The predicted octanol–water partition coefficient (Wildman–Crippen LogP) is 3.87. The molecule has 2 atom stereocenters. The fourth-order valence-electron chi connectivity index (χ4n) is 4.58. The van der Waals surface area contributed by atoms with Crippen LogP contribution in [0.4, 0.5) is 8.78 Å². The third-order valence-corrected chi connectivity index (χ3v) is 7.63. The highest BCUT2D eigenvalue weighted by atomic mass is 32.2. The molecule has 2 aromatic carbocycles. The minimum Gasteiger partial charge on any atom is -0.497 e. The summed E-state index contributed by atoms with van der Waals surface area (Å²) in [6, 6.07) is 11.7. The van der Waals surface area contributed by atoms with Crippen LogP contribution >= 0.6 is 11.8 Å². The molecule has 2 aliphatic rings. The number of thioether (sulfide) groups is 1. The van der Waals surface area contributed by atoms with E-state index in [2.05, 4.69) is 16.8 Å². The second-order valence-corrected chi connectivity index (χ2v) is 10.2. The number of halogens is 2. The van der Waals surface area contributed by atoms with E-state index >= 15 is 0 Å². The van der Waals surface area contributed by atoms with Gasteiger partial charge in [0.2, 0.25) is 5.91 Å². The van der Waals surface area contributed by atoms with E-state index in [0.717, 1.165) is 55.7 Å². The van der Waals surface area contributed by atoms with Crippen LogP contribution in [0.2, 0.25) is 0 Å². The highest BCUT2D eigenvalue weighted by Gasteiger charge is 2.39. The average Bonchev–Trinajstić information content (AvgIpc) is 3.06. The van der Waals surface area contributed by atoms with Crippen LogP contribution in [0.15, 0.2) is 47.4 Å². The number of likely N-dealkylation sites (tertiary alicyclic amines) is 1. The number of carbonyl (C=O) groups excluding carboxylic acids is 1. The van der Waals surface area contributed by atoms with Crippen LogP contribution in [0.5, 0.6) is 5.75 Å². The number of hydrogen-bond acceptors (Lipinski definition) is 5. The lowest BCUT2D eigenvalue weighted by atomic mass is 10.1. The Bertz CT molecular complexity index is 959.